The first kappa shape index (κ1) is 28.8. The second-order valence-corrected chi connectivity index (χ2v) is 12.6. The summed E-state index contributed by atoms with van der Waals surface area (Å²) >= 11 is 0. The van der Waals surface area contributed by atoms with Crippen molar-refractivity contribution in [2.75, 3.05) is 51.7 Å². The van der Waals surface area contributed by atoms with E-state index < -0.39 is 5.60 Å². The minimum Gasteiger partial charge on any atom is -0.444 e. The van der Waals surface area contributed by atoms with Crippen molar-refractivity contribution in [2.24, 2.45) is 0 Å². The van der Waals surface area contributed by atoms with Crippen molar-refractivity contribution in [3.63, 3.8) is 0 Å². The Bertz CT molecular complexity index is 1260. The fourth-order valence-electron chi connectivity index (χ4n) is 6.22. The van der Waals surface area contributed by atoms with Gasteiger partial charge in [-0.2, -0.15) is 0 Å². The van der Waals surface area contributed by atoms with Crippen molar-refractivity contribution in [3.05, 3.63) is 54.1 Å². The van der Waals surface area contributed by atoms with E-state index in [0.717, 1.165) is 25.7 Å². The molecule has 3 fully saturated rings. The van der Waals surface area contributed by atoms with E-state index in [0.29, 0.717) is 38.4 Å². The highest BCUT2D eigenvalue weighted by molar-refractivity contribution is 5.95. The van der Waals surface area contributed by atoms with Gasteiger partial charge in [-0.05, 0) is 66.1 Å². The lowest BCUT2D eigenvalue weighted by molar-refractivity contribution is 0.0139. The number of nitrogens with zero attached hydrogens (tertiary/aromatic N) is 6. The van der Waals surface area contributed by atoms with Crippen LogP contribution >= 0.6 is 0 Å². The van der Waals surface area contributed by atoms with Gasteiger partial charge >= 0.3 is 12.1 Å². The number of nitrogens with one attached hydrogen (secondary N) is 1. The van der Waals surface area contributed by atoms with Crippen LogP contribution in [-0.4, -0.2) is 101 Å². The number of urea groups is 1. The van der Waals surface area contributed by atoms with Crippen LogP contribution in [0.25, 0.3) is 0 Å². The second-order valence-electron chi connectivity index (χ2n) is 12.6. The quantitative estimate of drug-likeness (QED) is 0.606. The number of rotatable bonds is 4. The molecular formula is C30H41N7O4. The van der Waals surface area contributed by atoms with Gasteiger partial charge in [0, 0.05) is 31.7 Å². The summed E-state index contributed by atoms with van der Waals surface area (Å²) in [7, 11) is 4.26. The normalized spacial score (nSPS) is 25.0. The minimum absolute atomic E-state index is 0.0613. The van der Waals surface area contributed by atoms with Crippen LogP contribution < -0.4 is 10.2 Å². The first-order chi connectivity index (χ1) is 19.4. The fraction of sp³-hybridized carbons (Fsp3) is 0.567. The van der Waals surface area contributed by atoms with Gasteiger partial charge in [-0.25, -0.2) is 19.6 Å². The molecule has 1 aromatic heterocycles. The molecular weight excluding hydrogens is 522 g/mol. The number of ether oxygens (including phenoxy) is 1. The van der Waals surface area contributed by atoms with Crippen LogP contribution in [0.15, 0.2) is 42.7 Å². The number of carbonyl (C=O) groups excluding carboxylic acids is 3. The lowest BCUT2D eigenvalue weighted by atomic mass is 9.69. The second kappa shape index (κ2) is 10.9. The molecule has 1 aliphatic carbocycles. The molecule has 2 aliphatic heterocycles. The first-order valence-electron chi connectivity index (χ1n) is 14.3. The van der Waals surface area contributed by atoms with E-state index in [9.17, 15) is 14.4 Å². The van der Waals surface area contributed by atoms with Crippen molar-refractivity contribution in [2.45, 2.75) is 63.1 Å². The first-order valence-corrected chi connectivity index (χ1v) is 14.3. The lowest BCUT2D eigenvalue weighted by Gasteiger charge is -2.48. The van der Waals surface area contributed by atoms with Crippen LogP contribution in [0.1, 0.15) is 62.6 Å². The third kappa shape index (κ3) is 5.86. The Labute approximate surface area is 241 Å². The molecule has 1 spiro atoms. The third-order valence-corrected chi connectivity index (χ3v) is 8.64. The average molecular weight is 564 g/mol. The summed E-state index contributed by atoms with van der Waals surface area (Å²) in [4.78, 5) is 54.3. The van der Waals surface area contributed by atoms with Gasteiger partial charge in [0.25, 0.3) is 5.91 Å². The van der Waals surface area contributed by atoms with E-state index in [1.54, 1.807) is 27.1 Å². The van der Waals surface area contributed by atoms with E-state index in [4.69, 9.17) is 4.74 Å². The van der Waals surface area contributed by atoms with Crippen LogP contribution in [0, 0.1) is 0 Å². The Morgan fingerprint density at radius 2 is 1.51 bits per heavy atom. The summed E-state index contributed by atoms with van der Waals surface area (Å²) in [6.45, 7) is 7.53. The zero-order valence-electron chi connectivity index (χ0n) is 24.7. The summed E-state index contributed by atoms with van der Waals surface area (Å²) in [6.07, 6.45) is 6.30. The largest absolute Gasteiger partial charge is 0.444 e. The zero-order chi connectivity index (χ0) is 29.4. The van der Waals surface area contributed by atoms with Gasteiger partial charge in [0.05, 0.1) is 30.2 Å². The maximum absolute atomic E-state index is 13.1. The van der Waals surface area contributed by atoms with Crippen LogP contribution in [0.5, 0.6) is 0 Å². The monoisotopic (exact) mass is 563 g/mol. The van der Waals surface area contributed by atoms with Crippen molar-refractivity contribution < 1.29 is 19.1 Å². The van der Waals surface area contributed by atoms with Crippen molar-refractivity contribution >= 4 is 23.7 Å². The molecule has 0 bridgehead atoms. The van der Waals surface area contributed by atoms with Crippen LogP contribution in [0.2, 0.25) is 0 Å². The van der Waals surface area contributed by atoms with Crippen molar-refractivity contribution in [1.82, 2.24) is 30.0 Å². The molecule has 2 saturated heterocycles. The summed E-state index contributed by atoms with van der Waals surface area (Å²) < 4.78 is 5.43. The number of carbonyl (C=O) groups is 3. The summed E-state index contributed by atoms with van der Waals surface area (Å²) in [5, 5.41) is 3.26. The van der Waals surface area contributed by atoms with Gasteiger partial charge in [0.1, 0.15) is 5.60 Å². The number of anilines is 1. The molecule has 220 valence electrons. The molecule has 0 unspecified atom stereocenters. The third-order valence-electron chi connectivity index (χ3n) is 8.64. The smallest absolute Gasteiger partial charge is 0.410 e. The van der Waals surface area contributed by atoms with Gasteiger partial charge in [-0.3, -0.25) is 14.6 Å². The van der Waals surface area contributed by atoms with Crippen LogP contribution in [0.3, 0.4) is 0 Å². The van der Waals surface area contributed by atoms with Gasteiger partial charge < -0.3 is 19.9 Å². The predicted octanol–water partition coefficient (Wildman–Crippen LogP) is 3.47. The topological polar surface area (TPSA) is 111 Å². The Hall–Kier alpha value is -3.73. The van der Waals surface area contributed by atoms with Gasteiger partial charge in [-0.15, -0.1) is 0 Å². The van der Waals surface area contributed by atoms with Crippen molar-refractivity contribution in [3.8, 4) is 0 Å². The number of amides is 4. The molecule has 11 nitrogen and oxygen atoms in total. The molecule has 1 saturated carbocycles. The maximum Gasteiger partial charge on any atom is 0.410 e. The molecule has 2 aromatic rings. The standard InChI is InChI=1S/C30H41N7O4/c1-28(2,3)41-27(40)36-17-15-35(16-18-36)25(38)24-31-19-23(20-32-24)37-21-29(33-26(37)39)11-13-30(14-12-29,34(4)5)22-9-7-6-8-10-22/h6-10,19-20H,11-18,21H2,1-5H3,(H,33,39). The average Bonchev–Trinajstić information content (AvgIpc) is 3.28. The number of piperazine rings is 1. The Balaban J connectivity index is 1.19. The molecule has 41 heavy (non-hydrogen) atoms. The van der Waals surface area contributed by atoms with Gasteiger partial charge in [0.15, 0.2) is 0 Å². The predicted molar refractivity (Wildman–Crippen MR) is 155 cm³/mol. The highest BCUT2D eigenvalue weighted by atomic mass is 16.6. The van der Waals surface area contributed by atoms with Gasteiger partial charge in [0.2, 0.25) is 5.82 Å². The molecule has 4 amide bonds. The molecule has 1 aromatic carbocycles. The molecule has 5 rings (SSSR count). The zero-order valence-corrected chi connectivity index (χ0v) is 24.7. The van der Waals surface area contributed by atoms with Crippen molar-refractivity contribution in [1.29, 1.82) is 0 Å². The maximum atomic E-state index is 13.1. The molecule has 11 heteroatoms. The molecule has 3 aliphatic rings. The molecule has 3 heterocycles. The number of benzene rings is 1. The molecule has 1 N–H and O–H groups in total. The Morgan fingerprint density at radius 3 is 2.07 bits per heavy atom. The minimum atomic E-state index is -0.568. The number of hydrogen-bond acceptors (Lipinski definition) is 7. The van der Waals surface area contributed by atoms with Gasteiger partial charge in [-0.1, -0.05) is 30.3 Å². The van der Waals surface area contributed by atoms with E-state index in [1.165, 1.54) is 5.56 Å². The van der Waals surface area contributed by atoms with Crippen LogP contribution in [0.4, 0.5) is 15.3 Å². The Morgan fingerprint density at radius 1 is 0.927 bits per heavy atom. The van der Waals surface area contributed by atoms with E-state index >= 15 is 0 Å². The SMILES string of the molecule is CN(C)C1(c2ccccc2)CCC2(CC1)CN(c1cnc(C(=O)N3CCN(C(=O)OC(C)(C)C)CC3)nc1)C(=O)N2. The fourth-order valence-corrected chi connectivity index (χ4v) is 6.22. The summed E-state index contributed by atoms with van der Waals surface area (Å²) in [5.74, 6) is -0.221. The lowest BCUT2D eigenvalue weighted by Crippen LogP contribution is -2.54. The van der Waals surface area contributed by atoms with E-state index in [2.05, 4.69) is 58.5 Å². The summed E-state index contributed by atoms with van der Waals surface area (Å²) in [6, 6.07) is 10.4. The number of aromatic nitrogens is 2. The summed E-state index contributed by atoms with van der Waals surface area (Å²) in [5.41, 5.74) is 0.933. The Kier molecular flexibility index (Phi) is 7.67. The highest BCUT2D eigenvalue weighted by Gasteiger charge is 2.50. The molecule has 0 atom stereocenters. The highest BCUT2D eigenvalue weighted by Crippen LogP contribution is 2.46. The van der Waals surface area contributed by atoms with E-state index in [-0.39, 0.29) is 34.9 Å². The van der Waals surface area contributed by atoms with E-state index in [1.807, 2.05) is 26.8 Å². The number of hydrogen-bond donors (Lipinski definition) is 1. The molecule has 0 radical (unpaired) electrons. The van der Waals surface area contributed by atoms with Crippen LogP contribution in [-0.2, 0) is 10.3 Å².